The van der Waals surface area contributed by atoms with Crippen molar-refractivity contribution in [2.75, 3.05) is 13.7 Å². The average Bonchev–Trinajstić information content (AvgIpc) is 2.78. The number of hydrogen-bond donors (Lipinski definition) is 1. The van der Waals surface area contributed by atoms with E-state index >= 15 is 0 Å². The third kappa shape index (κ3) is 22.6. The van der Waals surface area contributed by atoms with Gasteiger partial charge in [0.25, 0.3) is 0 Å². The van der Waals surface area contributed by atoms with E-state index in [1.54, 1.807) is 39.8 Å². The van der Waals surface area contributed by atoms with Crippen molar-refractivity contribution in [3.05, 3.63) is 59.2 Å². The quantitative estimate of drug-likeness (QED) is 0.299. The van der Waals surface area contributed by atoms with E-state index in [1.165, 1.54) is 52.1 Å². The Bertz CT molecular complexity index is 1000. The Kier molecular flexibility index (Phi) is 21.9. The van der Waals surface area contributed by atoms with Gasteiger partial charge in [0.05, 0.1) is 13.7 Å². The second-order valence-corrected chi connectivity index (χ2v) is 7.76. The number of carboxylic acid groups (broad SMARTS) is 1. The number of nitrogens with zero attached hydrogens (tertiary/aromatic N) is 2. The molecule has 0 aliphatic heterocycles. The molecule has 0 fully saturated rings. The monoisotopic (exact) mass is 544 g/mol. The van der Waals surface area contributed by atoms with Gasteiger partial charge >= 0.3 is 69.3 Å². The van der Waals surface area contributed by atoms with Gasteiger partial charge in [0.1, 0.15) is 22.8 Å². The number of carboxylic acids is 1. The summed E-state index contributed by atoms with van der Waals surface area (Å²) < 4.78 is 8.86. The largest absolute Gasteiger partial charge is 1.00 e. The average molecular weight is 545 g/mol. The van der Waals surface area contributed by atoms with Crippen LogP contribution in [0.4, 0.5) is 0 Å². The zero-order valence-electron chi connectivity index (χ0n) is 22.8. The molecule has 2 aromatic heterocycles. The molecular weight excluding hydrogens is 511 g/mol. The number of ether oxygens (including phenoxy) is 2. The summed E-state index contributed by atoms with van der Waals surface area (Å²) in [6, 6.07) is 8.96. The van der Waals surface area contributed by atoms with Crippen molar-refractivity contribution in [1.29, 1.82) is 0 Å². The normalized spacial score (nSPS) is 9.22. The number of pyridine rings is 2. The van der Waals surface area contributed by atoms with Crippen molar-refractivity contribution in [3.63, 3.8) is 0 Å². The minimum Gasteiger partial charge on any atom is -0.850 e. The molecule has 0 saturated carbocycles. The van der Waals surface area contributed by atoms with Crippen LogP contribution in [0, 0.1) is 0 Å². The zero-order chi connectivity index (χ0) is 28.5. The van der Waals surface area contributed by atoms with Crippen LogP contribution in [0.15, 0.2) is 36.4 Å². The van der Waals surface area contributed by atoms with Crippen molar-refractivity contribution >= 4 is 29.5 Å². The first-order chi connectivity index (χ1) is 16.5. The third-order valence-electron chi connectivity index (χ3n) is 3.18. The van der Waals surface area contributed by atoms with Gasteiger partial charge in [-0.3, -0.25) is 14.4 Å². The molecule has 0 amide bonds. The van der Waals surface area contributed by atoms with E-state index in [0.29, 0.717) is 6.61 Å². The fourth-order valence-corrected chi connectivity index (χ4v) is 1.80. The van der Waals surface area contributed by atoms with Crippen molar-refractivity contribution < 1.29 is 95.0 Å². The summed E-state index contributed by atoms with van der Waals surface area (Å²) in [5, 5.41) is 18.6. The van der Waals surface area contributed by atoms with Crippen molar-refractivity contribution in [1.82, 2.24) is 9.97 Å². The number of esters is 2. The Morgan fingerprint density at radius 2 is 1.19 bits per heavy atom. The van der Waals surface area contributed by atoms with Gasteiger partial charge in [0.15, 0.2) is 11.6 Å². The van der Waals surface area contributed by atoms with Crippen LogP contribution in [0.5, 0.6) is 0 Å². The third-order valence-corrected chi connectivity index (χ3v) is 3.18. The molecule has 0 aromatic carbocycles. The van der Waals surface area contributed by atoms with E-state index in [0.717, 1.165) is 0 Å². The van der Waals surface area contributed by atoms with E-state index in [-0.39, 0.29) is 91.7 Å². The summed E-state index contributed by atoms with van der Waals surface area (Å²) >= 11 is 0. The molecule has 11 nitrogen and oxygen atoms in total. The molecule has 0 spiro atoms. The van der Waals surface area contributed by atoms with Crippen molar-refractivity contribution in [2.24, 2.45) is 0 Å². The topological polar surface area (TPSA) is 173 Å². The van der Waals surface area contributed by atoms with Gasteiger partial charge in [-0.15, -0.1) is 5.60 Å². The molecule has 2 rings (SSSR count). The minimum atomic E-state index is -1.13. The number of carbonyl (C=O) groups is 5. The minimum absolute atomic E-state index is 0. The molecule has 12 heteroatoms. The molecule has 0 bridgehead atoms. The molecular formula is C25H33KN2O9. The van der Waals surface area contributed by atoms with E-state index in [4.69, 9.17) is 5.11 Å². The first-order valence-corrected chi connectivity index (χ1v) is 10.6. The van der Waals surface area contributed by atoms with Crippen molar-refractivity contribution in [3.8, 4) is 0 Å². The summed E-state index contributed by atoms with van der Waals surface area (Å²) in [5.41, 5.74) is -0.268. The molecule has 2 heterocycles. The number of carbonyl (C=O) groups excluding carboxylic acids is 4. The number of Topliss-reactive ketones (excluding diaryl/α,β-unsaturated/α-hetero) is 2. The van der Waals surface area contributed by atoms with E-state index in [2.05, 4.69) is 19.4 Å². The van der Waals surface area contributed by atoms with Crippen molar-refractivity contribution in [2.45, 2.75) is 54.1 Å². The summed E-state index contributed by atoms with van der Waals surface area (Å²) in [6.45, 7) is 11.3. The number of ketones is 2. The summed E-state index contributed by atoms with van der Waals surface area (Å²) in [7, 11) is 1.27. The van der Waals surface area contributed by atoms with Crippen LogP contribution in [0.3, 0.4) is 0 Å². The van der Waals surface area contributed by atoms with Crippen LogP contribution in [0.1, 0.15) is 90.4 Å². The van der Waals surface area contributed by atoms with Gasteiger partial charge in [-0.2, -0.15) is 0 Å². The number of rotatable bonds is 5. The Hall–Kier alpha value is -2.35. The maximum Gasteiger partial charge on any atom is 1.00 e. The van der Waals surface area contributed by atoms with Crippen LogP contribution in [-0.4, -0.2) is 63.9 Å². The SMILES string of the molecule is CC(=O)c1cccc(C(=O)O)n1.CC(C)(C)[O-].CCOC(C)=O.COC(=O)c1cccc(C(C)=O)n1.[K+]. The predicted molar refractivity (Wildman–Crippen MR) is 129 cm³/mol. The standard InChI is InChI=1S/C9H9NO3.C8H7NO3.C4H8O2.C4H9O.K/c1-6(11)7-4-3-5-8(10-7)9(12)13-2;1-5(10)6-3-2-4-7(9-6)8(11)12;1-3-6-4(2)5;1-4(2,3)5;/h3-5H,1-2H3;2-4H,1H3,(H,11,12);3H2,1-2H3;1-3H3;/q;;;-1;+1. The van der Waals surface area contributed by atoms with Gasteiger partial charge in [-0.25, -0.2) is 19.6 Å². The second kappa shape index (κ2) is 20.7. The van der Waals surface area contributed by atoms with Crippen LogP contribution in [0.25, 0.3) is 0 Å². The van der Waals surface area contributed by atoms with Gasteiger partial charge in [0.2, 0.25) is 0 Å². The zero-order valence-corrected chi connectivity index (χ0v) is 25.9. The Labute approximate surface area is 259 Å². The molecule has 0 unspecified atom stereocenters. The predicted octanol–water partition coefficient (Wildman–Crippen LogP) is -0.228. The fourth-order valence-electron chi connectivity index (χ4n) is 1.80. The molecule has 1 N–H and O–H groups in total. The van der Waals surface area contributed by atoms with Gasteiger partial charge in [-0.05, 0) is 31.2 Å². The maximum absolute atomic E-state index is 11.0. The summed E-state index contributed by atoms with van der Waals surface area (Å²) in [6.07, 6.45) is 0. The van der Waals surface area contributed by atoms with E-state index in [9.17, 15) is 29.1 Å². The number of aromatic carboxylic acids is 1. The van der Waals surface area contributed by atoms with Crippen LogP contribution in [0.2, 0.25) is 0 Å². The van der Waals surface area contributed by atoms with E-state index < -0.39 is 17.5 Å². The van der Waals surface area contributed by atoms with Gasteiger partial charge < -0.3 is 19.7 Å². The molecule has 0 atom stereocenters. The van der Waals surface area contributed by atoms with Crippen LogP contribution < -0.4 is 56.5 Å². The Morgan fingerprint density at radius 1 is 0.838 bits per heavy atom. The van der Waals surface area contributed by atoms with Crippen LogP contribution >= 0.6 is 0 Å². The molecule has 198 valence electrons. The maximum atomic E-state index is 11.0. The molecule has 0 aliphatic rings. The molecule has 2 aromatic rings. The molecule has 0 saturated heterocycles. The fraction of sp³-hybridized carbons (Fsp3) is 0.400. The summed E-state index contributed by atoms with van der Waals surface area (Å²) in [5.74, 6) is -2.29. The Morgan fingerprint density at radius 3 is 1.46 bits per heavy atom. The van der Waals surface area contributed by atoms with E-state index in [1.807, 2.05) is 0 Å². The Balaban J connectivity index is -0.000000445. The van der Waals surface area contributed by atoms with Crippen LogP contribution in [-0.2, 0) is 14.3 Å². The number of aromatic nitrogens is 2. The smallest absolute Gasteiger partial charge is 0.850 e. The van der Waals surface area contributed by atoms with Gasteiger partial charge in [-0.1, -0.05) is 32.9 Å². The number of methoxy groups -OCH3 is 1. The number of hydrogen-bond acceptors (Lipinski definition) is 10. The summed E-state index contributed by atoms with van der Waals surface area (Å²) in [4.78, 5) is 60.3. The molecule has 0 radical (unpaired) electrons. The first-order valence-electron chi connectivity index (χ1n) is 10.6. The molecule has 0 aliphatic carbocycles. The first kappa shape index (κ1) is 39.2. The van der Waals surface area contributed by atoms with Gasteiger partial charge in [0, 0.05) is 20.8 Å². The second-order valence-electron chi connectivity index (χ2n) is 7.76. The molecule has 37 heavy (non-hydrogen) atoms.